The molecular formula is C24H23N3O2. The predicted molar refractivity (Wildman–Crippen MR) is 114 cm³/mol. The topological polar surface area (TPSA) is 69.7 Å². The van der Waals surface area contributed by atoms with Gasteiger partial charge in [0.2, 0.25) is 5.90 Å². The molecule has 0 aliphatic carbocycles. The highest BCUT2D eigenvalue weighted by Crippen LogP contribution is 2.25. The average Bonchev–Trinajstić information content (AvgIpc) is 3.29. The van der Waals surface area contributed by atoms with Gasteiger partial charge in [0.25, 0.3) is 0 Å². The van der Waals surface area contributed by atoms with Crippen molar-refractivity contribution < 1.29 is 9.47 Å². The monoisotopic (exact) mass is 385 g/mol. The van der Waals surface area contributed by atoms with Crippen LogP contribution in [0.4, 0.5) is 0 Å². The summed E-state index contributed by atoms with van der Waals surface area (Å²) >= 11 is 0. The van der Waals surface area contributed by atoms with E-state index in [4.69, 9.17) is 15.2 Å². The molecule has 2 N–H and O–H groups in total. The van der Waals surface area contributed by atoms with Crippen molar-refractivity contribution >= 4 is 11.7 Å². The number of nitrogens with two attached hydrogens (primary N) is 1. The zero-order valence-electron chi connectivity index (χ0n) is 16.1. The Morgan fingerprint density at radius 3 is 2.52 bits per heavy atom. The van der Waals surface area contributed by atoms with E-state index in [0.29, 0.717) is 36.3 Å². The van der Waals surface area contributed by atoms with Gasteiger partial charge in [0, 0.05) is 0 Å². The number of rotatable bonds is 7. The molecule has 0 spiro atoms. The molecule has 0 fully saturated rings. The van der Waals surface area contributed by atoms with Crippen molar-refractivity contribution in [2.24, 2.45) is 10.7 Å². The van der Waals surface area contributed by atoms with Crippen LogP contribution in [0, 0.1) is 0 Å². The van der Waals surface area contributed by atoms with Gasteiger partial charge < -0.3 is 15.2 Å². The van der Waals surface area contributed by atoms with E-state index in [9.17, 15) is 0 Å². The van der Waals surface area contributed by atoms with Gasteiger partial charge in [-0.3, -0.25) is 0 Å². The molecule has 5 nitrogen and oxygen atoms in total. The normalized spacial score (nSPS) is 16.6. The molecule has 1 aliphatic rings. The molecule has 5 heteroatoms. The number of ether oxygens (including phenoxy) is 2. The minimum atomic E-state index is -0.231. The molecule has 0 saturated carbocycles. The summed E-state index contributed by atoms with van der Waals surface area (Å²) in [7, 11) is 0. The Morgan fingerprint density at radius 2 is 1.76 bits per heavy atom. The smallest absolute Gasteiger partial charge is 0.236 e. The lowest BCUT2D eigenvalue weighted by atomic mass is 10.1. The predicted octanol–water partition coefficient (Wildman–Crippen LogP) is 4.29. The van der Waals surface area contributed by atoms with Gasteiger partial charge in [0.05, 0.1) is 6.04 Å². The van der Waals surface area contributed by atoms with Gasteiger partial charge >= 0.3 is 0 Å². The largest absolute Gasteiger partial charge is 0.490 e. The van der Waals surface area contributed by atoms with Gasteiger partial charge in [0.15, 0.2) is 0 Å². The summed E-state index contributed by atoms with van der Waals surface area (Å²) in [4.78, 5) is 9.30. The molecule has 146 valence electrons. The number of hydrogen-bond acceptors (Lipinski definition) is 5. The van der Waals surface area contributed by atoms with Crippen molar-refractivity contribution in [1.29, 1.82) is 0 Å². The van der Waals surface area contributed by atoms with Crippen molar-refractivity contribution in [3.8, 4) is 0 Å². The molecule has 29 heavy (non-hydrogen) atoms. The van der Waals surface area contributed by atoms with Crippen LogP contribution in [0.25, 0.3) is 5.76 Å². The van der Waals surface area contributed by atoms with Crippen LogP contribution >= 0.6 is 0 Å². The van der Waals surface area contributed by atoms with Gasteiger partial charge in [0.1, 0.15) is 36.4 Å². The van der Waals surface area contributed by atoms with Crippen LogP contribution in [0.1, 0.15) is 34.6 Å². The fourth-order valence-corrected chi connectivity index (χ4v) is 3.13. The first-order chi connectivity index (χ1) is 14.2. The van der Waals surface area contributed by atoms with Crippen LogP contribution in [-0.4, -0.2) is 24.1 Å². The third-order valence-corrected chi connectivity index (χ3v) is 4.75. The molecule has 2 atom stereocenters. The fraction of sp³-hybridized carbons (Fsp3) is 0.167. The first kappa shape index (κ1) is 18.9. The number of pyridine rings is 1. The van der Waals surface area contributed by atoms with Crippen LogP contribution < -0.4 is 5.73 Å². The summed E-state index contributed by atoms with van der Waals surface area (Å²) in [6, 6.07) is 25.3. The van der Waals surface area contributed by atoms with Crippen molar-refractivity contribution in [2.45, 2.75) is 12.1 Å². The molecule has 0 bridgehead atoms. The summed E-state index contributed by atoms with van der Waals surface area (Å²) in [5.41, 5.74) is 9.64. The number of nitrogens with zero attached hydrogens (tertiary/aromatic N) is 2. The molecule has 1 aromatic heterocycles. The Balaban J connectivity index is 1.43. The van der Waals surface area contributed by atoms with Crippen LogP contribution in [0.3, 0.4) is 0 Å². The van der Waals surface area contributed by atoms with Crippen LogP contribution in [0.5, 0.6) is 0 Å². The van der Waals surface area contributed by atoms with E-state index in [2.05, 4.69) is 28.7 Å². The second kappa shape index (κ2) is 8.71. The average molecular weight is 385 g/mol. The molecule has 2 heterocycles. The molecule has 0 amide bonds. The number of aromatic nitrogens is 1. The Bertz CT molecular complexity index is 1000. The molecular weight excluding hydrogens is 362 g/mol. The second-order valence-corrected chi connectivity index (χ2v) is 6.83. The zero-order valence-corrected chi connectivity index (χ0v) is 16.1. The maximum Gasteiger partial charge on any atom is 0.236 e. The summed E-state index contributed by atoms with van der Waals surface area (Å²) in [5, 5.41) is 0. The van der Waals surface area contributed by atoms with Gasteiger partial charge in [-0.25, -0.2) is 9.98 Å². The minimum Gasteiger partial charge on any atom is -0.490 e. The van der Waals surface area contributed by atoms with E-state index in [0.717, 1.165) is 11.1 Å². The maximum absolute atomic E-state index is 6.20. The lowest BCUT2D eigenvalue weighted by Crippen LogP contribution is -2.17. The van der Waals surface area contributed by atoms with Crippen LogP contribution in [-0.2, 0) is 9.47 Å². The third-order valence-electron chi connectivity index (χ3n) is 4.75. The molecule has 0 radical (unpaired) electrons. The summed E-state index contributed by atoms with van der Waals surface area (Å²) in [6.45, 7) is 4.83. The van der Waals surface area contributed by atoms with E-state index in [1.165, 1.54) is 0 Å². The Hall–Kier alpha value is -3.44. The molecule has 3 aromatic rings. The molecule has 0 unspecified atom stereocenters. The summed E-state index contributed by atoms with van der Waals surface area (Å²) < 4.78 is 11.6. The van der Waals surface area contributed by atoms with E-state index in [1.54, 1.807) is 0 Å². The highest BCUT2D eigenvalue weighted by atomic mass is 16.5. The molecule has 0 saturated heterocycles. The number of aliphatic imine (C=N–C) groups is 1. The SMILES string of the molecule is C=C(OC[C@@H](N)c1ccccc1)c1cccc(C2=N[C@@H](c3ccccc3)CO2)n1. The third kappa shape index (κ3) is 4.52. The molecule has 1 aliphatic heterocycles. The van der Waals surface area contributed by atoms with Crippen LogP contribution in [0.15, 0.2) is 90.4 Å². The quantitative estimate of drug-likeness (QED) is 0.616. The van der Waals surface area contributed by atoms with E-state index in [-0.39, 0.29) is 12.1 Å². The lowest BCUT2D eigenvalue weighted by molar-refractivity contribution is 0.253. The summed E-state index contributed by atoms with van der Waals surface area (Å²) in [5.74, 6) is 1.01. The van der Waals surface area contributed by atoms with Crippen molar-refractivity contribution in [2.75, 3.05) is 13.2 Å². The Morgan fingerprint density at radius 1 is 1.03 bits per heavy atom. The first-order valence-electron chi connectivity index (χ1n) is 9.56. The minimum absolute atomic E-state index is 0.0139. The molecule has 2 aromatic carbocycles. The van der Waals surface area contributed by atoms with Gasteiger partial charge in [-0.15, -0.1) is 0 Å². The lowest BCUT2D eigenvalue weighted by Gasteiger charge is -2.15. The standard InChI is InChI=1S/C24H23N3O2/c1-17(28-15-20(25)18-9-4-2-5-10-18)21-13-8-14-22(26-21)24-27-23(16-29-24)19-11-6-3-7-12-19/h2-14,20,23H,1,15-16,25H2/t20-,23-/m1/s1. The van der Waals surface area contributed by atoms with Crippen LogP contribution in [0.2, 0.25) is 0 Å². The Kier molecular flexibility index (Phi) is 5.68. The van der Waals surface area contributed by atoms with Crippen molar-refractivity contribution in [3.63, 3.8) is 0 Å². The van der Waals surface area contributed by atoms with Crippen molar-refractivity contribution in [1.82, 2.24) is 4.98 Å². The zero-order chi connectivity index (χ0) is 20.1. The van der Waals surface area contributed by atoms with Gasteiger partial charge in [-0.1, -0.05) is 73.3 Å². The number of hydrogen-bond donors (Lipinski definition) is 1. The van der Waals surface area contributed by atoms with E-state index >= 15 is 0 Å². The first-order valence-corrected chi connectivity index (χ1v) is 9.56. The maximum atomic E-state index is 6.20. The van der Waals surface area contributed by atoms with Gasteiger partial charge in [-0.05, 0) is 23.3 Å². The van der Waals surface area contributed by atoms with Gasteiger partial charge in [-0.2, -0.15) is 0 Å². The molecule has 4 rings (SSSR count). The van der Waals surface area contributed by atoms with E-state index in [1.807, 2.05) is 66.7 Å². The van der Waals surface area contributed by atoms with E-state index < -0.39 is 0 Å². The van der Waals surface area contributed by atoms with Crippen molar-refractivity contribution in [3.05, 3.63) is 108 Å². The fourth-order valence-electron chi connectivity index (χ4n) is 3.13. The Labute approximate surface area is 170 Å². The highest BCUT2D eigenvalue weighted by molar-refractivity contribution is 5.93. The second-order valence-electron chi connectivity index (χ2n) is 6.83. The summed E-state index contributed by atoms with van der Waals surface area (Å²) in [6.07, 6.45) is 0. The number of benzene rings is 2. The highest BCUT2D eigenvalue weighted by Gasteiger charge is 2.22.